The Kier molecular flexibility index (Phi) is 6.93. The van der Waals surface area contributed by atoms with Crippen molar-refractivity contribution in [1.29, 1.82) is 0 Å². The standard InChI is InChI=1S/C19H33N9O/c1-28-17(26-27-18(28)16-6-7-20-12-23-16)11-21-14-4-2-3-13(9-14)19(29)22-10-15-5-8-24-25-15/h2-4,9,15-18,20-21,23-27H,5-8,10-12H2,1H3,(H,22,29). The highest BCUT2D eigenvalue weighted by Gasteiger charge is 2.35. The molecule has 0 spiro atoms. The van der Waals surface area contributed by atoms with E-state index in [0.29, 0.717) is 24.2 Å². The lowest BCUT2D eigenvalue weighted by molar-refractivity contribution is 0.0950. The number of amides is 1. The lowest BCUT2D eigenvalue weighted by Gasteiger charge is -2.33. The number of nitrogens with one attached hydrogen (secondary N) is 8. The van der Waals surface area contributed by atoms with Crippen molar-refractivity contribution in [3.63, 3.8) is 0 Å². The number of hydrogen-bond acceptors (Lipinski definition) is 9. The van der Waals surface area contributed by atoms with Crippen LogP contribution < -0.4 is 43.0 Å². The van der Waals surface area contributed by atoms with Gasteiger partial charge in [-0.05, 0) is 44.6 Å². The molecule has 10 nitrogen and oxygen atoms in total. The van der Waals surface area contributed by atoms with Crippen molar-refractivity contribution in [3.8, 4) is 0 Å². The van der Waals surface area contributed by atoms with Crippen LogP contribution in [0.4, 0.5) is 5.69 Å². The van der Waals surface area contributed by atoms with Gasteiger partial charge in [0.25, 0.3) is 5.91 Å². The largest absolute Gasteiger partial charge is 0.382 e. The van der Waals surface area contributed by atoms with Gasteiger partial charge in [-0.3, -0.25) is 25.9 Å². The van der Waals surface area contributed by atoms with E-state index < -0.39 is 0 Å². The molecule has 4 atom stereocenters. The normalized spacial score (nSPS) is 30.4. The summed E-state index contributed by atoms with van der Waals surface area (Å²) in [4.78, 5) is 14.8. The van der Waals surface area contributed by atoms with Crippen LogP contribution in [0.3, 0.4) is 0 Å². The van der Waals surface area contributed by atoms with Gasteiger partial charge in [-0.1, -0.05) is 6.07 Å². The first-order chi connectivity index (χ1) is 14.2. The highest BCUT2D eigenvalue weighted by molar-refractivity contribution is 5.95. The Labute approximate surface area is 171 Å². The highest BCUT2D eigenvalue weighted by Crippen LogP contribution is 2.15. The molecule has 29 heavy (non-hydrogen) atoms. The fraction of sp³-hybridized carbons (Fsp3) is 0.632. The molecule has 1 aromatic rings. The number of nitrogens with zero attached hydrogens (tertiary/aromatic N) is 1. The maximum absolute atomic E-state index is 12.5. The summed E-state index contributed by atoms with van der Waals surface area (Å²) in [6.07, 6.45) is 2.52. The van der Waals surface area contributed by atoms with E-state index in [1.165, 1.54) is 0 Å². The van der Waals surface area contributed by atoms with Gasteiger partial charge in [-0.2, -0.15) is 0 Å². The fourth-order valence-electron chi connectivity index (χ4n) is 4.07. The molecule has 1 amide bonds. The van der Waals surface area contributed by atoms with E-state index in [2.05, 4.69) is 54.9 Å². The third-order valence-corrected chi connectivity index (χ3v) is 5.89. The Hall–Kier alpha value is -1.79. The van der Waals surface area contributed by atoms with Crippen molar-refractivity contribution in [1.82, 2.24) is 42.6 Å². The molecule has 3 aliphatic rings. The molecule has 160 valence electrons. The van der Waals surface area contributed by atoms with Gasteiger partial charge >= 0.3 is 0 Å². The van der Waals surface area contributed by atoms with Crippen molar-refractivity contribution >= 4 is 11.6 Å². The van der Waals surface area contributed by atoms with Crippen molar-refractivity contribution in [2.75, 3.05) is 45.2 Å². The zero-order chi connectivity index (χ0) is 20.1. The van der Waals surface area contributed by atoms with Gasteiger partial charge in [0.05, 0.1) is 12.3 Å². The number of hydrazine groups is 2. The third-order valence-electron chi connectivity index (χ3n) is 5.89. The molecular formula is C19H33N9O. The summed E-state index contributed by atoms with van der Waals surface area (Å²) in [5, 5.41) is 13.3. The number of anilines is 1. The van der Waals surface area contributed by atoms with E-state index in [9.17, 15) is 4.79 Å². The number of rotatable bonds is 7. The van der Waals surface area contributed by atoms with Gasteiger partial charge in [0.15, 0.2) is 0 Å². The van der Waals surface area contributed by atoms with Crippen LogP contribution in [0.1, 0.15) is 23.2 Å². The molecule has 0 bridgehead atoms. The van der Waals surface area contributed by atoms with Gasteiger partial charge in [0, 0.05) is 49.6 Å². The van der Waals surface area contributed by atoms with Gasteiger partial charge in [-0.15, -0.1) is 0 Å². The van der Waals surface area contributed by atoms with Crippen LogP contribution in [0.15, 0.2) is 24.3 Å². The monoisotopic (exact) mass is 403 g/mol. The van der Waals surface area contributed by atoms with Crippen LogP contribution in [0.2, 0.25) is 0 Å². The predicted molar refractivity (Wildman–Crippen MR) is 113 cm³/mol. The molecule has 3 aliphatic heterocycles. The number of likely N-dealkylation sites (N-methyl/N-ethyl adjacent to an activating group) is 1. The molecule has 3 saturated heterocycles. The second-order valence-electron chi connectivity index (χ2n) is 7.92. The summed E-state index contributed by atoms with van der Waals surface area (Å²) in [5.74, 6) is -0.0443. The first kappa shape index (κ1) is 20.5. The van der Waals surface area contributed by atoms with Crippen LogP contribution in [-0.2, 0) is 0 Å². The average Bonchev–Trinajstić information content (AvgIpc) is 3.41. The van der Waals surface area contributed by atoms with Gasteiger partial charge < -0.3 is 16.0 Å². The molecule has 3 fully saturated rings. The second-order valence-corrected chi connectivity index (χ2v) is 7.92. The minimum atomic E-state index is -0.0443. The summed E-state index contributed by atoms with van der Waals surface area (Å²) < 4.78 is 0. The Morgan fingerprint density at radius 2 is 2.10 bits per heavy atom. The smallest absolute Gasteiger partial charge is 0.251 e. The van der Waals surface area contributed by atoms with Gasteiger partial charge in [0.2, 0.25) is 0 Å². The maximum Gasteiger partial charge on any atom is 0.251 e. The molecule has 0 aromatic heterocycles. The zero-order valence-electron chi connectivity index (χ0n) is 16.9. The summed E-state index contributed by atoms with van der Waals surface area (Å²) in [6, 6.07) is 8.37. The third kappa shape index (κ3) is 5.23. The van der Waals surface area contributed by atoms with Gasteiger partial charge in [-0.25, -0.2) is 10.9 Å². The Morgan fingerprint density at radius 3 is 2.90 bits per heavy atom. The molecule has 0 aliphatic carbocycles. The molecule has 4 rings (SSSR count). The molecule has 4 unspecified atom stereocenters. The Balaban J connectivity index is 1.26. The van der Waals surface area contributed by atoms with Crippen molar-refractivity contribution < 1.29 is 4.79 Å². The summed E-state index contributed by atoms with van der Waals surface area (Å²) in [7, 11) is 2.13. The molecule has 0 radical (unpaired) electrons. The lowest BCUT2D eigenvalue weighted by Crippen LogP contribution is -2.57. The minimum absolute atomic E-state index is 0.0443. The molecular weight excluding hydrogens is 370 g/mol. The zero-order valence-corrected chi connectivity index (χ0v) is 16.9. The molecule has 0 saturated carbocycles. The van der Waals surface area contributed by atoms with Crippen LogP contribution in [0.5, 0.6) is 0 Å². The quantitative estimate of drug-likeness (QED) is 0.270. The lowest BCUT2D eigenvalue weighted by atomic mass is 10.1. The number of hydrogen-bond donors (Lipinski definition) is 8. The number of carbonyl (C=O) groups is 1. The van der Waals surface area contributed by atoms with E-state index in [-0.39, 0.29) is 18.2 Å². The maximum atomic E-state index is 12.5. The van der Waals surface area contributed by atoms with Crippen molar-refractivity contribution in [3.05, 3.63) is 29.8 Å². The molecule has 8 N–H and O–H groups in total. The van der Waals surface area contributed by atoms with Crippen LogP contribution in [-0.4, -0.2) is 75.1 Å². The van der Waals surface area contributed by atoms with E-state index in [1.54, 1.807) is 0 Å². The summed E-state index contributed by atoms with van der Waals surface area (Å²) >= 11 is 0. The van der Waals surface area contributed by atoms with Crippen LogP contribution in [0, 0.1) is 0 Å². The summed E-state index contributed by atoms with van der Waals surface area (Å²) in [5.41, 5.74) is 14.6. The Bertz CT molecular complexity index is 675. The highest BCUT2D eigenvalue weighted by atomic mass is 16.1. The molecule has 3 heterocycles. The fourth-order valence-corrected chi connectivity index (χ4v) is 4.07. The van der Waals surface area contributed by atoms with Crippen molar-refractivity contribution in [2.24, 2.45) is 0 Å². The predicted octanol–water partition coefficient (Wildman–Crippen LogP) is -1.70. The van der Waals surface area contributed by atoms with E-state index >= 15 is 0 Å². The molecule has 10 heteroatoms. The average molecular weight is 404 g/mol. The SMILES string of the molecule is CN1C(CNc2cccc(C(=O)NCC3CCNN3)c2)NNC1C1CCNCN1. The molecule has 1 aromatic carbocycles. The summed E-state index contributed by atoms with van der Waals surface area (Å²) in [6.45, 7) is 4.18. The second kappa shape index (κ2) is 9.81. The topological polar surface area (TPSA) is 117 Å². The first-order valence-corrected chi connectivity index (χ1v) is 10.5. The van der Waals surface area contributed by atoms with Crippen molar-refractivity contribution in [2.45, 2.75) is 37.3 Å². The van der Waals surface area contributed by atoms with Crippen LogP contribution >= 0.6 is 0 Å². The number of carbonyl (C=O) groups excluding carboxylic acids is 1. The van der Waals surface area contributed by atoms with E-state index in [4.69, 9.17) is 0 Å². The van der Waals surface area contributed by atoms with Crippen LogP contribution in [0.25, 0.3) is 0 Å². The van der Waals surface area contributed by atoms with Gasteiger partial charge in [0.1, 0.15) is 0 Å². The minimum Gasteiger partial charge on any atom is -0.382 e. The number of benzene rings is 1. The Morgan fingerprint density at radius 1 is 1.17 bits per heavy atom. The first-order valence-electron chi connectivity index (χ1n) is 10.5. The van der Waals surface area contributed by atoms with E-state index in [0.717, 1.165) is 44.8 Å². The van der Waals surface area contributed by atoms with E-state index in [1.807, 2.05) is 24.3 Å².